The molecule has 25 heavy (non-hydrogen) atoms. The van der Waals surface area contributed by atoms with Crippen molar-refractivity contribution in [1.82, 2.24) is 0 Å². The molecule has 6 aliphatic rings. The van der Waals surface area contributed by atoms with Crippen LogP contribution in [0.5, 0.6) is 0 Å². The SMILES string of the molecule is CC1(C(=O)OC2C(=O)OC3CC2C2C4CCC(C4)C32)CC2C=CC1C2. The molecule has 0 aromatic rings. The number of ether oxygens (including phenoxy) is 2. The van der Waals surface area contributed by atoms with E-state index < -0.39 is 11.5 Å². The van der Waals surface area contributed by atoms with Gasteiger partial charge in [-0.3, -0.25) is 4.79 Å². The fourth-order valence-electron chi connectivity index (χ4n) is 7.71. The summed E-state index contributed by atoms with van der Waals surface area (Å²) < 4.78 is 11.7. The van der Waals surface area contributed by atoms with Gasteiger partial charge in [0.1, 0.15) is 6.10 Å². The zero-order valence-electron chi connectivity index (χ0n) is 14.7. The Morgan fingerprint density at radius 3 is 2.68 bits per heavy atom. The summed E-state index contributed by atoms with van der Waals surface area (Å²) in [5.74, 6) is 3.08. The quantitative estimate of drug-likeness (QED) is 0.440. The van der Waals surface area contributed by atoms with Gasteiger partial charge in [0.15, 0.2) is 0 Å². The van der Waals surface area contributed by atoms with Gasteiger partial charge in [-0.1, -0.05) is 12.2 Å². The molecule has 4 saturated carbocycles. The van der Waals surface area contributed by atoms with Crippen molar-refractivity contribution in [2.75, 3.05) is 0 Å². The van der Waals surface area contributed by atoms with Crippen LogP contribution in [-0.2, 0) is 19.1 Å². The predicted octanol–water partition coefficient (Wildman–Crippen LogP) is 3.11. The zero-order valence-corrected chi connectivity index (χ0v) is 14.7. The predicted molar refractivity (Wildman–Crippen MR) is 89.1 cm³/mol. The monoisotopic (exact) mass is 342 g/mol. The molecule has 0 N–H and O–H groups in total. The van der Waals surface area contributed by atoms with Crippen LogP contribution in [-0.4, -0.2) is 24.1 Å². The second-order valence-corrected chi connectivity index (χ2v) is 9.80. The molecule has 6 rings (SSSR count). The summed E-state index contributed by atoms with van der Waals surface area (Å²) in [6.07, 6.45) is 10.6. The summed E-state index contributed by atoms with van der Waals surface area (Å²) in [6, 6.07) is 0. The van der Waals surface area contributed by atoms with Gasteiger partial charge in [0.25, 0.3) is 0 Å². The van der Waals surface area contributed by atoms with Crippen LogP contribution in [0, 0.1) is 46.8 Å². The third kappa shape index (κ3) is 1.79. The Hall–Kier alpha value is -1.32. The number of carbonyl (C=O) groups excluding carboxylic acids is 2. The highest BCUT2D eigenvalue weighted by atomic mass is 16.6. The van der Waals surface area contributed by atoms with Crippen LogP contribution in [0.15, 0.2) is 12.2 Å². The number of allylic oxidation sites excluding steroid dienone is 2. The molecule has 0 radical (unpaired) electrons. The summed E-state index contributed by atoms with van der Waals surface area (Å²) in [7, 11) is 0. The average molecular weight is 342 g/mol. The number of rotatable bonds is 2. The van der Waals surface area contributed by atoms with Gasteiger partial charge in [0.05, 0.1) is 5.41 Å². The standard InChI is InChI=1S/C21H26O4/c1-21(9-10-2-5-13(21)6-10)20(23)25-18-14-8-15(24-19(18)22)17-12-4-3-11(7-12)16(14)17/h2,5,10-18H,3-4,6-9H2,1H3. The molecule has 0 amide bonds. The lowest BCUT2D eigenvalue weighted by Crippen LogP contribution is -2.45. The summed E-state index contributed by atoms with van der Waals surface area (Å²) in [5.41, 5.74) is -0.455. The number of hydrogen-bond acceptors (Lipinski definition) is 4. The van der Waals surface area contributed by atoms with Crippen LogP contribution in [0.2, 0.25) is 0 Å². The minimum atomic E-state index is -0.655. The van der Waals surface area contributed by atoms with Crippen molar-refractivity contribution in [3.63, 3.8) is 0 Å². The van der Waals surface area contributed by atoms with Crippen molar-refractivity contribution in [1.29, 1.82) is 0 Å². The van der Waals surface area contributed by atoms with Gasteiger partial charge in [-0.2, -0.15) is 0 Å². The third-order valence-corrected chi connectivity index (χ3v) is 8.74. The van der Waals surface area contributed by atoms with Crippen LogP contribution < -0.4 is 0 Å². The van der Waals surface area contributed by atoms with Crippen molar-refractivity contribution in [2.24, 2.45) is 46.8 Å². The van der Waals surface area contributed by atoms with E-state index in [4.69, 9.17) is 9.47 Å². The number of hydrogen-bond donors (Lipinski definition) is 0. The molecular weight excluding hydrogens is 316 g/mol. The van der Waals surface area contributed by atoms with Crippen molar-refractivity contribution in [3.8, 4) is 0 Å². The Kier molecular flexibility index (Phi) is 2.78. The van der Waals surface area contributed by atoms with Crippen molar-refractivity contribution < 1.29 is 19.1 Å². The van der Waals surface area contributed by atoms with Crippen molar-refractivity contribution >= 4 is 11.9 Å². The molecule has 6 bridgehead atoms. The van der Waals surface area contributed by atoms with Crippen LogP contribution in [0.1, 0.15) is 45.4 Å². The number of carbonyl (C=O) groups is 2. The molecule has 4 heteroatoms. The van der Waals surface area contributed by atoms with Gasteiger partial charge in [0.2, 0.25) is 6.10 Å². The lowest BCUT2D eigenvalue weighted by Gasteiger charge is -2.35. The van der Waals surface area contributed by atoms with Gasteiger partial charge in [-0.15, -0.1) is 0 Å². The molecule has 1 heterocycles. The van der Waals surface area contributed by atoms with E-state index in [1.807, 2.05) is 6.92 Å². The smallest absolute Gasteiger partial charge is 0.348 e. The van der Waals surface area contributed by atoms with E-state index in [-0.39, 0.29) is 29.9 Å². The first-order chi connectivity index (χ1) is 12.0. The average Bonchev–Trinajstić information content (AvgIpc) is 3.36. The Balaban J connectivity index is 1.26. The van der Waals surface area contributed by atoms with E-state index in [0.29, 0.717) is 17.8 Å². The minimum Gasteiger partial charge on any atom is -0.459 e. The Bertz CT molecular complexity index is 683. The first-order valence-corrected chi connectivity index (χ1v) is 10.1. The summed E-state index contributed by atoms with van der Waals surface area (Å²) in [5, 5.41) is 0. The normalized spacial score (nSPS) is 57.0. The molecule has 10 atom stereocenters. The first kappa shape index (κ1) is 14.8. The van der Waals surface area contributed by atoms with Gasteiger partial charge in [-0.25, -0.2) is 4.79 Å². The second-order valence-electron chi connectivity index (χ2n) is 9.80. The Morgan fingerprint density at radius 2 is 1.96 bits per heavy atom. The summed E-state index contributed by atoms with van der Waals surface area (Å²) in [6.45, 7) is 2.02. The minimum absolute atomic E-state index is 0.0914. The molecular formula is C21H26O4. The first-order valence-electron chi connectivity index (χ1n) is 10.1. The highest BCUT2D eigenvalue weighted by Gasteiger charge is 2.65. The number of fused-ring (bicyclic) bond motifs is 11. The molecule has 1 saturated heterocycles. The van der Waals surface area contributed by atoms with E-state index in [2.05, 4.69) is 12.2 Å². The summed E-state index contributed by atoms with van der Waals surface area (Å²) >= 11 is 0. The lowest BCUT2D eigenvalue weighted by atomic mass is 9.76. The summed E-state index contributed by atoms with van der Waals surface area (Å²) in [4.78, 5) is 25.7. The maximum absolute atomic E-state index is 13.0. The zero-order chi connectivity index (χ0) is 16.9. The maximum Gasteiger partial charge on any atom is 0.348 e. The molecule has 0 aromatic carbocycles. The second kappa shape index (κ2) is 4.69. The van der Waals surface area contributed by atoms with E-state index >= 15 is 0 Å². The van der Waals surface area contributed by atoms with Crippen LogP contribution in [0.4, 0.5) is 0 Å². The Labute approximate surface area is 148 Å². The largest absolute Gasteiger partial charge is 0.459 e. The van der Waals surface area contributed by atoms with Crippen LogP contribution in [0.3, 0.4) is 0 Å². The molecule has 134 valence electrons. The highest BCUT2D eigenvalue weighted by molar-refractivity contribution is 5.84. The van der Waals surface area contributed by atoms with E-state index in [9.17, 15) is 9.59 Å². The third-order valence-electron chi connectivity index (χ3n) is 8.74. The van der Waals surface area contributed by atoms with Gasteiger partial charge in [-0.05, 0) is 75.0 Å². The van der Waals surface area contributed by atoms with Gasteiger partial charge in [0, 0.05) is 11.8 Å². The molecule has 5 aliphatic carbocycles. The molecule has 1 aliphatic heterocycles. The van der Waals surface area contributed by atoms with E-state index in [0.717, 1.165) is 31.1 Å². The fraction of sp³-hybridized carbons (Fsp3) is 0.810. The van der Waals surface area contributed by atoms with E-state index in [1.54, 1.807) is 0 Å². The maximum atomic E-state index is 13.0. The molecule has 0 aromatic heterocycles. The molecule has 10 unspecified atom stereocenters. The highest BCUT2D eigenvalue weighted by Crippen LogP contribution is 2.64. The molecule has 4 nitrogen and oxygen atoms in total. The van der Waals surface area contributed by atoms with Gasteiger partial charge >= 0.3 is 11.9 Å². The molecule has 0 spiro atoms. The van der Waals surface area contributed by atoms with E-state index in [1.165, 1.54) is 19.3 Å². The molecule has 5 fully saturated rings. The lowest BCUT2D eigenvalue weighted by molar-refractivity contribution is -0.188. The number of esters is 2. The fourth-order valence-corrected chi connectivity index (χ4v) is 7.71. The Morgan fingerprint density at radius 1 is 1.16 bits per heavy atom. The van der Waals surface area contributed by atoms with Crippen molar-refractivity contribution in [3.05, 3.63) is 12.2 Å². The van der Waals surface area contributed by atoms with Crippen LogP contribution >= 0.6 is 0 Å². The van der Waals surface area contributed by atoms with Gasteiger partial charge < -0.3 is 9.47 Å². The van der Waals surface area contributed by atoms with Crippen LogP contribution in [0.25, 0.3) is 0 Å². The van der Waals surface area contributed by atoms with Crippen molar-refractivity contribution in [2.45, 2.75) is 57.7 Å². The topological polar surface area (TPSA) is 52.6 Å².